The summed E-state index contributed by atoms with van der Waals surface area (Å²) in [5, 5.41) is 10.2. The summed E-state index contributed by atoms with van der Waals surface area (Å²) in [5.41, 5.74) is 0. The SMILES string of the molecule is CCNC(=NCc1ncc(CC)s1)NCC1CCN(Cc2cccs2)CC1.I. The van der Waals surface area contributed by atoms with Crippen LogP contribution in [-0.4, -0.2) is 42.0 Å². The van der Waals surface area contributed by atoms with Crippen molar-refractivity contribution in [2.45, 2.75) is 46.2 Å². The van der Waals surface area contributed by atoms with Crippen LogP contribution in [0.2, 0.25) is 0 Å². The Kier molecular flexibility index (Phi) is 10.7. The predicted octanol–water partition coefficient (Wildman–Crippen LogP) is 4.35. The van der Waals surface area contributed by atoms with Crippen LogP contribution in [0.25, 0.3) is 0 Å². The monoisotopic (exact) mass is 533 g/mol. The van der Waals surface area contributed by atoms with E-state index < -0.39 is 0 Å². The minimum Gasteiger partial charge on any atom is -0.357 e. The first-order valence-corrected chi connectivity index (χ1v) is 11.7. The van der Waals surface area contributed by atoms with Gasteiger partial charge in [0.1, 0.15) is 5.01 Å². The zero-order valence-corrected chi connectivity index (χ0v) is 20.8. The molecule has 2 aromatic heterocycles. The second-order valence-corrected chi connectivity index (χ2v) is 9.18. The van der Waals surface area contributed by atoms with E-state index >= 15 is 0 Å². The predicted molar refractivity (Wildman–Crippen MR) is 132 cm³/mol. The Morgan fingerprint density at radius 1 is 1.25 bits per heavy atom. The number of halogens is 1. The third-order valence-electron chi connectivity index (χ3n) is 4.89. The van der Waals surface area contributed by atoms with Crippen molar-refractivity contribution in [2.24, 2.45) is 10.9 Å². The van der Waals surface area contributed by atoms with Gasteiger partial charge in [0, 0.05) is 35.6 Å². The lowest BCUT2D eigenvalue weighted by Crippen LogP contribution is -2.42. The van der Waals surface area contributed by atoms with Gasteiger partial charge in [-0.2, -0.15) is 0 Å². The van der Waals surface area contributed by atoms with Crippen LogP contribution in [0, 0.1) is 5.92 Å². The van der Waals surface area contributed by atoms with Gasteiger partial charge in [0.15, 0.2) is 5.96 Å². The number of thiazole rings is 1. The number of nitrogens with zero attached hydrogens (tertiary/aromatic N) is 3. The Labute approximate surface area is 194 Å². The average molecular weight is 534 g/mol. The maximum Gasteiger partial charge on any atom is 0.191 e. The molecule has 0 atom stereocenters. The van der Waals surface area contributed by atoms with Crippen molar-refractivity contribution in [1.82, 2.24) is 20.5 Å². The van der Waals surface area contributed by atoms with E-state index in [4.69, 9.17) is 4.99 Å². The standard InChI is InChI=1S/C20H31N5S2.HI/c1-3-17-13-22-19(27-17)14-24-20(21-4-2)23-12-16-7-9-25(10-8-16)15-18-6-5-11-26-18;/h5-6,11,13,16H,3-4,7-10,12,14-15H2,1-2H3,(H2,21,23,24);1H. The summed E-state index contributed by atoms with van der Waals surface area (Å²) >= 11 is 3.62. The Bertz CT molecular complexity index is 693. The van der Waals surface area contributed by atoms with Gasteiger partial charge in [-0.25, -0.2) is 9.98 Å². The second kappa shape index (κ2) is 12.8. The Hall–Kier alpha value is -0.710. The van der Waals surface area contributed by atoms with Gasteiger partial charge in [-0.15, -0.1) is 46.7 Å². The van der Waals surface area contributed by atoms with E-state index in [-0.39, 0.29) is 24.0 Å². The molecular weight excluding hydrogens is 501 g/mol. The van der Waals surface area contributed by atoms with E-state index in [0.29, 0.717) is 6.54 Å². The van der Waals surface area contributed by atoms with E-state index in [1.54, 1.807) is 11.3 Å². The van der Waals surface area contributed by atoms with Crippen molar-refractivity contribution in [3.05, 3.63) is 38.5 Å². The molecule has 28 heavy (non-hydrogen) atoms. The Morgan fingerprint density at radius 2 is 2.07 bits per heavy atom. The summed E-state index contributed by atoms with van der Waals surface area (Å²) in [7, 11) is 0. The van der Waals surface area contributed by atoms with Crippen molar-refractivity contribution in [1.29, 1.82) is 0 Å². The largest absolute Gasteiger partial charge is 0.357 e. The van der Waals surface area contributed by atoms with Crippen LogP contribution >= 0.6 is 46.7 Å². The number of hydrogen-bond donors (Lipinski definition) is 2. The zero-order chi connectivity index (χ0) is 18.9. The quantitative estimate of drug-likeness (QED) is 0.301. The van der Waals surface area contributed by atoms with Gasteiger partial charge in [0.2, 0.25) is 0 Å². The van der Waals surface area contributed by atoms with Gasteiger partial charge in [-0.1, -0.05) is 13.0 Å². The number of hydrogen-bond acceptors (Lipinski definition) is 5. The van der Waals surface area contributed by atoms with Crippen molar-refractivity contribution in [2.75, 3.05) is 26.2 Å². The summed E-state index contributed by atoms with van der Waals surface area (Å²) in [6.07, 6.45) is 5.53. The molecule has 5 nitrogen and oxygen atoms in total. The molecule has 1 aliphatic heterocycles. The molecule has 0 aromatic carbocycles. The highest BCUT2D eigenvalue weighted by molar-refractivity contribution is 14.0. The zero-order valence-electron chi connectivity index (χ0n) is 16.8. The molecule has 0 saturated carbocycles. The molecular formula is C20H32IN5S2. The smallest absolute Gasteiger partial charge is 0.191 e. The van der Waals surface area contributed by atoms with Gasteiger partial charge in [0.25, 0.3) is 0 Å². The number of aryl methyl sites for hydroxylation is 1. The highest BCUT2D eigenvalue weighted by Crippen LogP contribution is 2.20. The molecule has 0 spiro atoms. The minimum absolute atomic E-state index is 0. The summed E-state index contributed by atoms with van der Waals surface area (Å²) in [5.74, 6) is 1.63. The van der Waals surface area contributed by atoms with E-state index in [2.05, 4.69) is 51.9 Å². The van der Waals surface area contributed by atoms with Crippen LogP contribution in [0.4, 0.5) is 0 Å². The fourth-order valence-corrected chi connectivity index (χ4v) is 4.82. The van der Waals surface area contributed by atoms with Crippen molar-refractivity contribution in [3.63, 3.8) is 0 Å². The highest BCUT2D eigenvalue weighted by atomic mass is 127. The van der Waals surface area contributed by atoms with E-state index in [1.807, 2.05) is 17.5 Å². The topological polar surface area (TPSA) is 52.6 Å². The van der Waals surface area contributed by atoms with Crippen molar-refractivity contribution < 1.29 is 0 Å². The third-order valence-corrected chi connectivity index (χ3v) is 6.88. The number of rotatable bonds is 8. The van der Waals surface area contributed by atoms with E-state index in [0.717, 1.165) is 42.9 Å². The molecule has 1 fully saturated rings. The van der Waals surface area contributed by atoms with Crippen LogP contribution < -0.4 is 10.6 Å². The van der Waals surface area contributed by atoms with Crippen LogP contribution in [0.3, 0.4) is 0 Å². The molecule has 0 amide bonds. The fraction of sp³-hybridized carbons (Fsp3) is 0.600. The number of aromatic nitrogens is 1. The minimum atomic E-state index is 0. The molecule has 1 saturated heterocycles. The summed E-state index contributed by atoms with van der Waals surface area (Å²) in [4.78, 5) is 14.6. The maximum atomic E-state index is 4.71. The summed E-state index contributed by atoms with van der Waals surface area (Å²) in [6, 6.07) is 4.39. The van der Waals surface area contributed by atoms with Crippen LogP contribution in [-0.2, 0) is 19.5 Å². The normalized spacial score (nSPS) is 16.0. The molecule has 2 N–H and O–H groups in total. The van der Waals surface area contributed by atoms with Crippen molar-refractivity contribution in [3.8, 4) is 0 Å². The molecule has 0 bridgehead atoms. The summed E-state index contributed by atoms with van der Waals surface area (Å²) in [6.45, 7) is 10.3. The lowest BCUT2D eigenvalue weighted by atomic mass is 9.97. The molecule has 0 aliphatic carbocycles. The lowest BCUT2D eigenvalue weighted by molar-refractivity contribution is 0.179. The summed E-state index contributed by atoms with van der Waals surface area (Å²) < 4.78 is 0. The highest BCUT2D eigenvalue weighted by Gasteiger charge is 2.19. The average Bonchev–Trinajstić information content (AvgIpc) is 3.37. The third kappa shape index (κ3) is 7.61. The van der Waals surface area contributed by atoms with E-state index in [9.17, 15) is 0 Å². The fourth-order valence-electron chi connectivity index (χ4n) is 3.29. The van der Waals surface area contributed by atoms with Gasteiger partial charge in [0.05, 0.1) is 6.54 Å². The molecule has 0 unspecified atom stereocenters. The first-order chi connectivity index (χ1) is 13.3. The first kappa shape index (κ1) is 23.6. The van der Waals surface area contributed by atoms with Crippen LogP contribution in [0.5, 0.6) is 0 Å². The number of nitrogens with one attached hydrogen (secondary N) is 2. The maximum absolute atomic E-state index is 4.71. The molecule has 1 aliphatic rings. The molecule has 0 radical (unpaired) electrons. The number of guanidine groups is 1. The Morgan fingerprint density at radius 3 is 2.71 bits per heavy atom. The van der Waals surface area contributed by atoms with Gasteiger partial charge >= 0.3 is 0 Å². The molecule has 2 aromatic rings. The lowest BCUT2D eigenvalue weighted by Gasteiger charge is -2.32. The molecule has 3 rings (SSSR count). The number of likely N-dealkylation sites (tertiary alicyclic amines) is 1. The molecule has 156 valence electrons. The van der Waals surface area contributed by atoms with Crippen LogP contribution in [0.15, 0.2) is 28.7 Å². The van der Waals surface area contributed by atoms with Gasteiger partial charge < -0.3 is 10.6 Å². The van der Waals surface area contributed by atoms with Gasteiger partial charge in [-0.05, 0) is 56.6 Å². The second-order valence-electron chi connectivity index (χ2n) is 6.95. The van der Waals surface area contributed by atoms with Crippen molar-refractivity contribution >= 4 is 52.6 Å². The van der Waals surface area contributed by atoms with E-state index in [1.165, 1.54) is 35.7 Å². The molecule has 8 heteroatoms. The number of thiophene rings is 1. The molecule has 3 heterocycles. The van der Waals surface area contributed by atoms with Gasteiger partial charge in [-0.3, -0.25) is 4.90 Å². The number of piperidine rings is 1. The number of aliphatic imine (C=N–C) groups is 1. The Balaban J connectivity index is 0.00000280. The van der Waals surface area contributed by atoms with Crippen LogP contribution in [0.1, 0.15) is 41.5 Å². The first-order valence-electron chi connectivity index (χ1n) is 9.97.